The van der Waals surface area contributed by atoms with Gasteiger partial charge in [0.05, 0.1) is 30.0 Å². The predicted molar refractivity (Wildman–Crippen MR) is 66.7 cm³/mol. The van der Waals surface area contributed by atoms with Gasteiger partial charge in [0, 0.05) is 6.20 Å². The molecule has 1 N–H and O–H groups in total. The average Bonchev–Trinajstić information content (AvgIpc) is 2.33. The number of pyridine rings is 1. The van der Waals surface area contributed by atoms with Crippen molar-refractivity contribution in [1.82, 2.24) is 10.3 Å². The number of likely N-dealkylation sites (N-methyl/N-ethyl adjacent to an activating group) is 1. The Morgan fingerprint density at radius 3 is 2.42 bits per heavy atom. The fraction of sp³-hybridized carbons (Fsp3) is 0.615. The summed E-state index contributed by atoms with van der Waals surface area (Å²) in [4.78, 5) is 3.88. The Morgan fingerprint density at radius 2 is 2.00 bits per heavy atom. The molecule has 0 saturated heterocycles. The monoisotopic (exact) mass is 276 g/mol. The lowest BCUT2D eigenvalue weighted by atomic mass is 10.1. The number of halogens is 3. The third-order valence-electron chi connectivity index (χ3n) is 2.52. The smallest absolute Gasteiger partial charge is 0.377 e. The largest absolute Gasteiger partial charge is 0.417 e. The van der Waals surface area contributed by atoms with E-state index in [1.807, 2.05) is 20.8 Å². The molecular weight excluding hydrogens is 257 g/mol. The van der Waals surface area contributed by atoms with Gasteiger partial charge in [-0.2, -0.15) is 13.2 Å². The number of nitrogens with zero attached hydrogens (tertiary/aromatic N) is 1. The van der Waals surface area contributed by atoms with Gasteiger partial charge < -0.3 is 10.1 Å². The molecule has 0 aliphatic rings. The maximum absolute atomic E-state index is 12.4. The van der Waals surface area contributed by atoms with E-state index in [1.54, 1.807) is 0 Å². The summed E-state index contributed by atoms with van der Waals surface area (Å²) in [7, 11) is 0. The van der Waals surface area contributed by atoms with E-state index in [1.165, 1.54) is 6.07 Å². The van der Waals surface area contributed by atoms with Crippen LogP contribution in [0.5, 0.6) is 0 Å². The van der Waals surface area contributed by atoms with Crippen LogP contribution in [-0.2, 0) is 10.9 Å². The summed E-state index contributed by atoms with van der Waals surface area (Å²) in [6, 6.07) is 2.23. The summed E-state index contributed by atoms with van der Waals surface area (Å²) in [5, 5.41) is 3.14. The van der Waals surface area contributed by atoms with Gasteiger partial charge in [-0.05, 0) is 32.5 Å². The van der Waals surface area contributed by atoms with Crippen molar-refractivity contribution in [2.75, 3.05) is 13.2 Å². The zero-order chi connectivity index (χ0) is 14.5. The van der Waals surface area contributed by atoms with Gasteiger partial charge in [0.25, 0.3) is 0 Å². The summed E-state index contributed by atoms with van der Waals surface area (Å²) in [6.45, 7) is 6.80. The number of hydrogen-bond acceptors (Lipinski definition) is 3. The van der Waals surface area contributed by atoms with Crippen molar-refractivity contribution in [2.45, 2.75) is 39.1 Å². The summed E-state index contributed by atoms with van der Waals surface area (Å²) in [5.74, 6) is 0. The van der Waals surface area contributed by atoms with Crippen molar-refractivity contribution in [1.29, 1.82) is 0 Å². The first kappa shape index (κ1) is 15.9. The molecule has 6 heteroatoms. The van der Waals surface area contributed by atoms with Gasteiger partial charge in [0.15, 0.2) is 0 Å². The van der Waals surface area contributed by atoms with E-state index in [2.05, 4.69) is 10.3 Å². The molecule has 1 aromatic heterocycles. The van der Waals surface area contributed by atoms with Crippen molar-refractivity contribution < 1.29 is 17.9 Å². The van der Waals surface area contributed by atoms with Crippen LogP contribution >= 0.6 is 0 Å². The van der Waals surface area contributed by atoms with E-state index >= 15 is 0 Å². The first-order chi connectivity index (χ1) is 8.84. The maximum Gasteiger partial charge on any atom is 0.417 e. The fourth-order valence-corrected chi connectivity index (χ4v) is 1.56. The van der Waals surface area contributed by atoms with Crippen LogP contribution in [0.3, 0.4) is 0 Å². The van der Waals surface area contributed by atoms with E-state index in [-0.39, 0.29) is 12.1 Å². The van der Waals surface area contributed by atoms with Gasteiger partial charge in [-0.25, -0.2) is 0 Å². The zero-order valence-corrected chi connectivity index (χ0v) is 11.3. The molecule has 0 fully saturated rings. The molecule has 0 aliphatic heterocycles. The number of rotatable bonds is 6. The minimum atomic E-state index is -4.35. The van der Waals surface area contributed by atoms with Crippen LogP contribution in [0, 0.1) is 0 Å². The van der Waals surface area contributed by atoms with Crippen LogP contribution in [0.1, 0.15) is 38.1 Å². The topological polar surface area (TPSA) is 34.1 Å². The van der Waals surface area contributed by atoms with E-state index < -0.39 is 11.7 Å². The van der Waals surface area contributed by atoms with E-state index in [0.717, 1.165) is 12.3 Å². The van der Waals surface area contributed by atoms with Crippen molar-refractivity contribution >= 4 is 0 Å². The molecule has 1 rings (SSSR count). The highest BCUT2D eigenvalue weighted by molar-refractivity contribution is 5.19. The first-order valence-electron chi connectivity index (χ1n) is 6.22. The lowest BCUT2D eigenvalue weighted by molar-refractivity contribution is -0.137. The first-order valence-corrected chi connectivity index (χ1v) is 6.22. The Bertz CT molecular complexity index is 376. The molecule has 3 nitrogen and oxygen atoms in total. The quantitative estimate of drug-likeness (QED) is 0.866. The van der Waals surface area contributed by atoms with Gasteiger partial charge in [-0.15, -0.1) is 0 Å². The third kappa shape index (κ3) is 5.16. The minimum absolute atomic E-state index is 0.0654. The third-order valence-corrected chi connectivity index (χ3v) is 2.52. The second-order valence-electron chi connectivity index (χ2n) is 4.46. The summed E-state index contributed by atoms with van der Waals surface area (Å²) < 4.78 is 42.8. The van der Waals surface area contributed by atoms with Gasteiger partial charge in [-0.1, -0.05) is 6.92 Å². The zero-order valence-electron chi connectivity index (χ0n) is 11.3. The van der Waals surface area contributed by atoms with E-state index in [4.69, 9.17) is 4.74 Å². The molecule has 0 aliphatic carbocycles. The normalized spacial score (nSPS) is 13.8. The molecule has 0 spiro atoms. The molecule has 108 valence electrons. The number of alkyl halides is 3. The van der Waals surface area contributed by atoms with Crippen molar-refractivity contribution in [3.63, 3.8) is 0 Å². The molecule has 0 amide bonds. The van der Waals surface area contributed by atoms with Crippen LogP contribution in [0.15, 0.2) is 18.3 Å². The molecule has 1 aromatic rings. The summed E-state index contributed by atoms with van der Waals surface area (Å²) in [6.07, 6.45) is -3.43. The second-order valence-corrected chi connectivity index (χ2v) is 4.46. The molecule has 1 unspecified atom stereocenters. The van der Waals surface area contributed by atoms with Crippen LogP contribution < -0.4 is 5.32 Å². The van der Waals surface area contributed by atoms with Crippen LogP contribution in [-0.4, -0.2) is 24.2 Å². The molecule has 0 radical (unpaired) electrons. The van der Waals surface area contributed by atoms with Crippen molar-refractivity contribution in [3.8, 4) is 0 Å². The highest BCUT2D eigenvalue weighted by Crippen LogP contribution is 2.28. The second kappa shape index (κ2) is 6.86. The Hall–Kier alpha value is -1.14. The van der Waals surface area contributed by atoms with Gasteiger partial charge in [0.1, 0.15) is 0 Å². The highest BCUT2D eigenvalue weighted by Gasteiger charge is 2.31. The molecule has 1 heterocycles. The van der Waals surface area contributed by atoms with E-state index in [9.17, 15) is 13.2 Å². The molecule has 0 saturated carbocycles. The molecule has 0 aromatic carbocycles. The van der Waals surface area contributed by atoms with Gasteiger partial charge >= 0.3 is 6.18 Å². The number of ether oxygens (including phenoxy) is 1. The average molecular weight is 276 g/mol. The van der Waals surface area contributed by atoms with Crippen LogP contribution in [0.2, 0.25) is 0 Å². The highest BCUT2D eigenvalue weighted by atomic mass is 19.4. The minimum Gasteiger partial charge on any atom is -0.377 e. The Balaban J connectivity index is 2.79. The molecule has 1 atom stereocenters. The van der Waals surface area contributed by atoms with E-state index in [0.29, 0.717) is 18.8 Å². The Kier molecular flexibility index (Phi) is 5.75. The lowest BCUT2D eigenvalue weighted by Gasteiger charge is -2.19. The molecular formula is C13H19F3N2O. The number of hydrogen-bond donors (Lipinski definition) is 1. The van der Waals surface area contributed by atoms with Crippen molar-refractivity contribution in [2.24, 2.45) is 0 Å². The standard InChI is InChI=1S/C13H19F3N2O/c1-4-17-12(8-19-9(2)3)11-6-5-10(7-18-11)13(14,15)16/h5-7,9,12,17H,4,8H2,1-3H3. The van der Waals surface area contributed by atoms with Crippen LogP contribution in [0.4, 0.5) is 13.2 Å². The van der Waals surface area contributed by atoms with Gasteiger partial charge in [0.2, 0.25) is 0 Å². The summed E-state index contributed by atoms with van der Waals surface area (Å²) in [5.41, 5.74) is -0.188. The SMILES string of the molecule is CCNC(COC(C)C)c1ccc(C(F)(F)F)cn1. The fourth-order valence-electron chi connectivity index (χ4n) is 1.56. The van der Waals surface area contributed by atoms with Gasteiger partial charge in [-0.3, -0.25) is 4.98 Å². The molecule has 0 bridgehead atoms. The Labute approximate surface area is 111 Å². The number of aromatic nitrogens is 1. The van der Waals surface area contributed by atoms with Crippen LogP contribution in [0.25, 0.3) is 0 Å². The number of nitrogens with one attached hydrogen (secondary N) is 1. The Morgan fingerprint density at radius 1 is 1.32 bits per heavy atom. The maximum atomic E-state index is 12.4. The molecule has 19 heavy (non-hydrogen) atoms. The lowest BCUT2D eigenvalue weighted by Crippen LogP contribution is -2.27. The predicted octanol–water partition coefficient (Wildman–Crippen LogP) is 3.18. The summed E-state index contributed by atoms with van der Waals surface area (Å²) >= 11 is 0. The van der Waals surface area contributed by atoms with Crippen molar-refractivity contribution in [3.05, 3.63) is 29.6 Å².